The molecule has 27 heavy (non-hydrogen) atoms. The summed E-state index contributed by atoms with van der Waals surface area (Å²) in [7, 11) is 1.56. The summed E-state index contributed by atoms with van der Waals surface area (Å²) in [4.78, 5) is 18.5. The van der Waals surface area contributed by atoms with Crippen LogP contribution in [0.25, 0.3) is 0 Å². The van der Waals surface area contributed by atoms with Crippen molar-refractivity contribution in [1.82, 2.24) is 15.1 Å². The van der Waals surface area contributed by atoms with E-state index in [1.807, 2.05) is 0 Å². The first-order chi connectivity index (χ1) is 12.6. The summed E-state index contributed by atoms with van der Waals surface area (Å²) in [6, 6.07) is 4.61. The highest BCUT2D eigenvalue weighted by molar-refractivity contribution is 6.31. The third-order valence-electron chi connectivity index (χ3n) is 5.36. The van der Waals surface area contributed by atoms with E-state index < -0.39 is 16.8 Å². The lowest BCUT2D eigenvalue weighted by atomic mass is 9.67. The van der Waals surface area contributed by atoms with Gasteiger partial charge in [-0.3, -0.25) is 14.8 Å². The van der Waals surface area contributed by atoms with Crippen molar-refractivity contribution in [1.29, 1.82) is 0 Å². The zero-order chi connectivity index (χ0) is 20.0. The average Bonchev–Trinajstić information content (AvgIpc) is 3.03. The fourth-order valence-corrected chi connectivity index (χ4v) is 3.35. The van der Waals surface area contributed by atoms with Crippen molar-refractivity contribution in [3.8, 4) is 0 Å². The molecule has 2 heterocycles. The lowest BCUT2D eigenvalue weighted by Gasteiger charge is -2.46. The van der Waals surface area contributed by atoms with Crippen molar-refractivity contribution in [2.45, 2.75) is 32.9 Å². The van der Waals surface area contributed by atoms with E-state index in [1.54, 1.807) is 40.0 Å². The number of amides is 1. The lowest BCUT2D eigenvalue weighted by Crippen LogP contribution is -2.58. The molecule has 1 amide bonds. The number of halogens is 2. The first-order valence-corrected chi connectivity index (χ1v) is 8.81. The van der Waals surface area contributed by atoms with Gasteiger partial charge in [0.15, 0.2) is 5.96 Å². The molecule has 0 spiro atoms. The highest BCUT2D eigenvalue weighted by atomic mass is 35.5. The number of rotatable bonds is 4. The standard InChI is InChI=1S/C18H22ClFN6O/c1-17(2)15(27)26(4)16(21)24-18(17,3)11-7-10(5-6-13(11)20)22-9-14-12(19)8-23-25-14/h5-8,22H,9H2,1-4H3,(H2,21,24)(H,23,25)/t18-/m1/s1. The molecular weight excluding hydrogens is 371 g/mol. The molecule has 0 unspecified atom stereocenters. The van der Waals surface area contributed by atoms with Crippen LogP contribution >= 0.6 is 11.6 Å². The second-order valence-electron chi connectivity index (χ2n) is 7.28. The Bertz CT molecular complexity index is 924. The Balaban J connectivity index is 2.00. The molecule has 0 saturated carbocycles. The molecule has 3 rings (SSSR count). The van der Waals surface area contributed by atoms with Gasteiger partial charge in [-0.15, -0.1) is 0 Å². The van der Waals surface area contributed by atoms with Crippen molar-refractivity contribution in [2.24, 2.45) is 16.1 Å². The van der Waals surface area contributed by atoms with Gasteiger partial charge in [0.05, 0.1) is 28.9 Å². The number of aromatic amines is 1. The molecular formula is C18H22ClFN6O. The summed E-state index contributed by atoms with van der Waals surface area (Å²) in [5, 5.41) is 10.3. The second-order valence-corrected chi connectivity index (χ2v) is 7.68. The molecule has 4 N–H and O–H groups in total. The highest BCUT2D eigenvalue weighted by Gasteiger charge is 2.53. The third kappa shape index (κ3) is 3.03. The fourth-order valence-electron chi connectivity index (χ4n) is 3.19. The van der Waals surface area contributed by atoms with Crippen LogP contribution in [-0.2, 0) is 16.9 Å². The predicted octanol–water partition coefficient (Wildman–Crippen LogP) is 2.84. The number of benzene rings is 1. The average molecular weight is 393 g/mol. The largest absolute Gasteiger partial charge is 0.379 e. The molecule has 1 aliphatic rings. The highest BCUT2D eigenvalue weighted by Crippen LogP contribution is 2.47. The van der Waals surface area contributed by atoms with E-state index in [9.17, 15) is 9.18 Å². The molecule has 144 valence electrons. The number of guanidine groups is 1. The first-order valence-electron chi connectivity index (χ1n) is 8.43. The van der Waals surface area contributed by atoms with E-state index in [0.717, 1.165) is 0 Å². The van der Waals surface area contributed by atoms with Crippen LogP contribution in [0.4, 0.5) is 10.1 Å². The van der Waals surface area contributed by atoms with E-state index in [4.69, 9.17) is 17.3 Å². The van der Waals surface area contributed by atoms with Crippen LogP contribution in [0.1, 0.15) is 32.0 Å². The van der Waals surface area contributed by atoms with Crippen molar-refractivity contribution in [3.05, 3.63) is 46.5 Å². The summed E-state index contributed by atoms with van der Waals surface area (Å²) in [6.45, 7) is 5.59. The number of carbonyl (C=O) groups is 1. The number of nitrogens with one attached hydrogen (secondary N) is 2. The molecule has 0 bridgehead atoms. The number of anilines is 1. The normalized spacial score (nSPS) is 21.9. The number of carbonyl (C=O) groups excluding carboxylic acids is 1. The SMILES string of the molecule is CN1C(=O)C(C)(C)[C@@](C)(c2cc(NCc3[nH]ncc3Cl)ccc2F)N=C1N. The van der Waals surface area contributed by atoms with Gasteiger partial charge in [0, 0.05) is 18.3 Å². The van der Waals surface area contributed by atoms with Gasteiger partial charge in [0.25, 0.3) is 0 Å². The quantitative estimate of drug-likeness (QED) is 0.744. The molecule has 0 aliphatic carbocycles. The molecule has 2 aromatic rings. The number of nitrogens with zero attached hydrogens (tertiary/aromatic N) is 3. The minimum atomic E-state index is -1.16. The number of H-pyrrole nitrogens is 1. The minimum Gasteiger partial charge on any atom is -0.379 e. The number of nitrogens with two attached hydrogens (primary N) is 1. The lowest BCUT2D eigenvalue weighted by molar-refractivity contribution is -0.140. The van der Waals surface area contributed by atoms with Crippen LogP contribution in [0.5, 0.6) is 0 Å². The molecule has 0 fully saturated rings. The Kier molecular flexibility index (Phi) is 4.63. The zero-order valence-corrected chi connectivity index (χ0v) is 16.4. The Morgan fingerprint density at radius 3 is 2.70 bits per heavy atom. The van der Waals surface area contributed by atoms with Crippen LogP contribution in [-0.4, -0.2) is 34.0 Å². The van der Waals surface area contributed by atoms with Crippen LogP contribution in [0, 0.1) is 11.2 Å². The fraction of sp³-hybridized carbons (Fsp3) is 0.389. The van der Waals surface area contributed by atoms with Gasteiger partial charge < -0.3 is 11.1 Å². The topological polar surface area (TPSA) is 99.4 Å². The summed E-state index contributed by atoms with van der Waals surface area (Å²) in [5.74, 6) is -0.618. The molecule has 1 aromatic heterocycles. The zero-order valence-electron chi connectivity index (χ0n) is 15.6. The van der Waals surface area contributed by atoms with Crippen molar-refractivity contribution >= 4 is 29.2 Å². The monoisotopic (exact) mass is 392 g/mol. The smallest absolute Gasteiger partial charge is 0.237 e. The van der Waals surface area contributed by atoms with Crippen LogP contribution in [0.15, 0.2) is 29.4 Å². The summed E-state index contributed by atoms with van der Waals surface area (Å²) < 4.78 is 14.8. The number of hydrogen-bond acceptors (Lipinski definition) is 5. The molecule has 7 nitrogen and oxygen atoms in total. The number of hydrogen-bond donors (Lipinski definition) is 3. The minimum absolute atomic E-state index is 0.0591. The van der Waals surface area contributed by atoms with Gasteiger partial charge in [0.1, 0.15) is 11.4 Å². The van der Waals surface area contributed by atoms with E-state index in [2.05, 4.69) is 20.5 Å². The number of aromatic nitrogens is 2. The van der Waals surface area contributed by atoms with Gasteiger partial charge in [-0.2, -0.15) is 5.10 Å². The van der Waals surface area contributed by atoms with Crippen molar-refractivity contribution in [3.63, 3.8) is 0 Å². The van der Waals surface area contributed by atoms with Crippen LogP contribution in [0.2, 0.25) is 5.02 Å². The molecule has 0 radical (unpaired) electrons. The van der Waals surface area contributed by atoms with E-state index >= 15 is 0 Å². The van der Waals surface area contributed by atoms with Gasteiger partial charge >= 0.3 is 0 Å². The number of aliphatic imine (C=N–C) groups is 1. The van der Waals surface area contributed by atoms with E-state index in [0.29, 0.717) is 22.9 Å². The predicted molar refractivity (Wildman–Crippen MR) is 103 cm³/mol. The summed E-state index contributed by atoms with van der Waals surface area (Å²) in [5.41, 5.74) is 5.44. The maximum atomic E-state index is 14.8. The Hall–Kier alpha value is -2.61. The Morgan fingerprint density at radius 2 is 2.07 bits per heavy atom. The molecule has 9 heteroatoms. The first kappa shape index (κ1) is 19.2. The Labute approximate surface area is 161 Å². The molecule has 0 saturated heterocycles. The van der Waals surface area contributed by atoms with Gasteiger partial charge in [-0.1, -0.05) is 11.6 Å². The maximum Gasteiger partial charge on any atom is 0.237 e. The summed E-state index contributed by atoms with van der Waals surface area (Å²) in [6.07, 6.45) is 1.51. The van der Waals surface area contributed by atoms with Crippen molar-refractivity contribution in [2.75, 3.05) is 12.4 Å². The second kappa shape index (κ2) is 6.53. The van der Waals surface area contributed by atoms with Gasteiger partial charge in [-0.25, -0.2) is 9.38 Å². The molecule has 1 aliphatic heterocycles. The summed E-state index contributed by atoms with van der Waals surface area (Å²) >= 11 is 6.02. The van der Waals surface area contributed by atoms with Gasteiger partial charge in [0.2, 0.25) is 5.91 Å². The van der Waals surface area contributed by atoms with Crippen molar-refractivity contribution < 1.29 is 9.18 Å². The van der Waals surface area contributed by atoms with E-state index in [-0.39, 0.29) is 17.4 Å². The van der Waals surface area contributed by atoms with Crippen LogP contribution < -0.4 is 11.1 Å². The van der Waals surface area contributed by atoms with Gasteiger partial charge in [-0.05, 0) is 39.0 Å². The Morgan fingerprint density at radius 1 is 1.37 bits per heavy atom. The van der Waals surface area contributed by atoms with Crippen LogP contribution in [0.3, 0.4) is 0 Å². The maximum absolute atomic E-state index is 14.8. The molecule has 1 aromatic carbocycles. The third-order valence-corrected chi connectivity index (χ3v) is 5.69. The van der Waals surface area contributed by atoms with E-state index in [1.165, 1.54) is 17.2 Å². The molecule has 1 atom stereocenters.